The SMILES string of the molecule is Cc1cc(C(=O)O)cc(NCCO)n1. The molecule has 0 saturated heterocycles. The number of aromatic carboxylic acids is 1. The number of pyridine rings is 1. The van der Waals surface area contributed by atoms with Crippen molar-refractivity contribution in [1.29, 1.82) is 0 Å². The van der Waals surface area contributed by atoms with E-state index in [1.54, 1.807) is 6.92 Å². The second kappa shape index (κ2) is 4.57. The van der Waals surface area contributed by atoms with Crippen LogP contribution < -0.4 is 5.32 Å². The topological polar surface area (TPSA) is 82.5 Å². The summed E-state index contributed by atoms with van der Waals surface area (Å²) in [6.45, 7) is 2.06. The molecule has 14 heavy (non-hydrogen) atoms. The van der Waals surface area contributed by atoms with E-state index in [4.69, 9.17) is 10.2 Å². The quantitative estimate of drug-likeness (QED) is 0.653. The van der Waals surface area contributed by atoms with Crippen LogP contribution in [-0.4, -0.2) is 34.3 Å². The molecule has 76 valence electrons. The summed E-state index contributed by atoms with van der Waals surface area (Å²) in [5.74, 6) is -0.515. The van der Waals surface area contributed by atoms with Gasteiger partial charge in [-0.1, -0.05) is 0 Å². The molecule has 0 unspecified atom stereocenters. The monoisotopic (exact) mass is 196 g/mol. The van der Waals surface area contributed by atoms with Crippen LogP contribution in [0.1, 0.15) is 16.1 Å². The van der Waals surface area contributed by atoms with Gasteiger partial charge in [0.2, 0.25) is 0 Å². The smallest absolute Gasteiger partial charge is 0.335 e. The van der Waals surface area contributed by atoms with Gasteiger partial charge in [-0.25, -0.2) is 9.78 Å². The van der Waals surface area contributed by atoms with Crippen molar-refractivity contribution in [2.24, 2.45) is 0 Å². The minimum absolute atomic E-state index is 0.0158. The van der Waals surface area contributed by atoms with Crippen LogP contribution in [0.3, 0.4) is 0 Å². The van der Waals surface area contributed by atoms with Crippen LogP contribution >= 0.6 is 0 Å². The molecular weight excluding hydrogens is 184 g/mol. The summed E-state index contributed by atoms with van der Waals surface area (Å²) >= 11 is 0. The normalized spacial score (nSPS) is 9.86. The van der Waals surface area contributed by atoms with E-state index in [1.807, 2.05) is 0 Å². The Morgan fingerprint density at radius 3 is 2.86 bits per heavy atom. The lowest BCUT2D eigenvalue weighted by atomic mass is 10.2. The van der Waals surface area contributed by atoms with E-state index in [0.717, 1.165) is 0 Å². The van der Waals surface area contributed by atoms with Gasteiger partial charge in [0, 0.05) is 12.2 Å². The predicted molar refractivity (Wildman–Crippen MR) is 51.5 cm³/mol. The molecule has 0 bridgehead atoms. The van der Waals surface area contributed by atoms with Gasteiger partial charge in [0.25, 0.3) is 0 Å². The Morgan fingerprint density at radius 2 is 2.29 bits per heavy atom. The molecule has 5 heteroatoms. The molecule has 5 nitrogen and oxygen atoms in total. The first-order valence-electron chi connectivity index (χ1n) is 4.20. The van der Waals surface area contributed by atoms with Crippen LogP contribution in [0.15, 0.2) is 12.1 Å². The van der Waals surface area contributed by atoms with Crippen molar-refractivity contribution < 1.29 is 15.0 Å². The van der Waals surface area contributed by atoms with Crippen molar-refractivity contribution >= 4 is 11.8 Å². The first kappa shape index (κ1) is 10.5. The molecule has 3 N–H and O–H groups in total. The zero-order chi connectivity index (χ0) is 10.6. The molecule has 0 radical (unpaired) electrons. The van der Waals surface area contributed by atoms with Crippen molar-refractivity contribution in [1.82, 2.24) is 4.98 Å². The van der Waals surface area contributed by atoms with Gasteiger partial charge in [0.15, 0.2) is 0 Å². The van der Waals surface area contributed by atoms with Crippen molar-refractivity contribution in [2.75, 3.05) is 18.5 Å². The van der Waals surface area contributed by atoms with Crippen molar-refractivity contribution in [3.8, 4) is 0 Å². The zero-order valence-electron chi connectivity index (χ0n) is 7.82. The standard InChI is InChI=1S/C9H12N2O3/c1-6-4-7(9(13)14)5-8(11-6)10-2-3-12/h4-5,12H,2-3H2,1H3,(H,10,11)(H,13,14). The second-order valence-corrected chi connectivity index (χ2v) is 2.84. The summed E-state index contributed by atoms with van der Waals surface area (Å²) in [7, 11) is 0. The van der Waals surface area contributed by atoms with E-state index in [-0.39, 0.29) is 12.2 Å². The number of aryl methyl sites for hydroxylation is 1. The fourth-order valence-corrected chi connectivity index (χ4v) is 1.07. The molecule has 0 aliphatic heterocycles. The minimum Gasteiger partial charge on any atom is -0.478 e. The van der Waals surface area contributed by atoms with Crippen LogP contribution in [0.4, 0.5) is 5.82 Å². The summed E-state index contributed by atoms with van der Waals surface area (Å²) in [6.07, 6.45) is 0. The molecule has 0 spiro atoms. The van der Waals surface area contributed by atoms with E-state index >= 15 is 0 Å². The van der Waals surface area contributed by atoms with E-state index in [1.165, 1.54) is 12.1 Å². The molecule has 1 aromatic heterocycles. The van der Waals surface area contributed by atoms with E-state index in [2.05, 4.69) is 10.3 Å². The van der Waals surface area contributed by atoms with Gasteiger partial charge >= 0.3 is 5.97 Å². The maximum atomic E-state index is 10.7. The average molecular weight is 196 g/mol. The number of aliphatic hydroxyl groups is 1. The van der Waals surface area contributed by atoms with Gasteiger partial charge in [0.1, 0.15) is 5.82 Å². The molecule has 1 aromatic rings. The summed E-state index contributed by atoms with van der Waals surface area (Å²) < 4.78 is 0. The molecule has 0 aliphatic carbocycles. The number of hydrogen-bond donors (Lipinski definition) is 3. The number of aromatic nitrogens is 1. The van der Waals surface area contributed by atoms with Crippen LogP contribution in [0, 0.1) is 6.92 Å². The number of hydrogen-bond acceptors (Lipinski definition) is 4. The molecule has 0 amide bonds. The molecule has 1 rings (SSSR count). The molecule has 0 aliphatic rings. The van der Waals surface area contributed by atoms with Gasteiger partial charge < -0.3 is 15.5 Å². The van der Waals surface area contributed by atoms with Crippen LogP contribution in [0.2, 0.25) is 0 Å². The van der Waals surface area contributed by atoms with Crippen LogP contribution in [-0.2, 0) is 0 Å². The number of carboxylic acid groups (broad SMARTS) is 1. The van der Waals surface area contributed by atoms with Gasteiger partial charge in [-0.15, -0.1) is 0 Å². The predicted octanol–water partition coefficient (Wildman–Crippen LogP) is 0.492. The number of nitrogens with zero attached hydrogens (tertiary/aromatic N) is 1. The second-order valence-electron chi connectivity index (χ2n) is 2.84. The molecule has 0 atom stereocenters. The highest BCUT2D eigenvalue weighted by atomic mass is 16.4. The van der Waals surface area contributed by atoms with Crippen molar-refractivity contribution in [3.05, 3.63) is 23.4 Å². The Labute approximate surface area is 81.4 Å². The third kappa shape index (κ3) is 2.70. The van der Waals surface area contributed by atoms with E-state index in [0.29, 0.717) is 18.1 Å². The van der Waals surface area contributed by atoms with Gasteiger partial charge in [-0.2, -0.15) is 0 Å². The minimum atomic E-state index is -0.984. The summed E-state index contributed by atoms with van der Waals surface area (Å²) in [6, 6.07) is 2.93. The lowest BCUT2D eigenvalue weighted by Gasteiger charge is -2.05. The highest BCUT2D eigenvalue weighted by molar-refractivity contribution is 5.88. The number of carbonyl (C=O) groups is 1. The molecular formula is C9H12N2O3. The van der Waals surface area contributed by atoms with Crippen LogP contribution in [0.5, 0.6) is 0 Å². The Morgan fingerprint density at radius 1 is 1.57 bits per heavy atom. The number of nitrogens with one attached hydrogen (secondary N) is 1. The fourth-order valence-electron chi connectivity index (χ4n) is 1.07. The molecule has 0 saturated carbocycles. The summed E-state index contributed by atoms with van der Waals surface area (Å²) in [5.41, 5.74) is 0.822. The van der Waals surface area contributed by atoms with Gasteiger partial charge in [-0.05, 0) is 19.1 Å². The lowest BCUT2D eigenvalue weighted by Crippen LogP contribution is -2.09. The number of carboxylic acids is 1. The van der Waals surface area contributed by atoms with Crippen molar-refractivity contribution in [3.63, 3.8) is 0 Å². The van der Waals surface area contributed by atoms with Gasteiger partial charge in [0.05, 0.1) is 12.2 Å². The fraction of sp³-hybridized carbons (Fsp3) is 0.333. The van der Waals surface area contributed by atoms with Crippen molar-refractivity contribution in [2.45, 2.75) is 6.92 Å². The van der Waals surface area contributed by atoms with E-state index < -0.39 is 5.97 Å². The number of aliphatic hydroxyl groups excluding tert-OH is 1. The zero-order valence-corrected chi connectivity index (χ0v) is 7.82. The van der Waals surface area contributed by atoms with Gasteiger partial charge in [-0.3, -0.25) is 0 Å². The number of rotatable bonds is 4. The average Bonchev–Trinajstić information content (AvgIpc) is 2.14. The third-order valence-corrected chi connectivity index (χ3v) is 1.62. The molecule has 1 heterocycles. The van der Waals surface area contributed by atoms with Crippen LogP contribution in [0.25, 0.3) is 0 Å². The maximum Gasteiger partial charge on any atom is 0.335 e. The Hall–Kier alpha value is -1.62. The first-order valence-corrected chi connectivity index (χ1v) is 4.20. The Balaban J connectivity index is 2.89. The summed E-state index contributed by atoms with van der Waals surface area (Å²) in [5, 5.41) is 20.1. The Kier molecular flexibility index (Phi) is 3.41. The first-order chi connectivity index (χ1) is 6.63. The molecule has 0 aromatic carbocycles. The molecule has 0 fully saturated rings. The lowest BCUT2D eigenvalue weighted by molar-refractivity contribution is 0.0696. The highest BCUT2D eigenvalue weighted by Crippen LogP contribution is 2.09. The maximum absolute atomic E-state index is 10.7. The largest absolute Gasteiger partial charge is 0.478 e. The number of anilines is 1. The highest BCUT2D eigenvalue weighted by Gasteiger charge is 2.05. The third-order valence-electron chi connectivity index (χ3n) is 1.62. The van der Waals surface area contributed by atoms with E-state index in [9.17, 15) is 4.79 Å². The Bertz CT molecular complexity index is 339. The summed E-state index contributed by atoms with van der Waals surface area (Å²) in [4.78, 5) is 14.7.